The van der Waals surface area contributed by atoms with Crippen molar-refractivity contribution in [2.45, 2.75) is 33.7 Å². The maximum atomic E-state index is 10.3. The summed E-state index contributed by atoms with van der Waals surface area (Å²) in [5.41, 5.74) is 0.205. The highest BCUT2D eigenvalue weighted by atomic mass is 16.4. The molecule has 3 heteroatoms. The zero-order valence-corrected chi connectivity index (χ0v) is 7.43. The molecule has 1 saturated carbocycles. The van der Waals surface area contributed by atoms with Gasteiger partial charge in [-0.05, 0) is 10.8 Å². The minimum absolute atomic E-state index is 0.103. The van der Waals surface area contributed by atoms with Crippen LogP contribution in [0, 0.1) is 10.8 Å². The summed E-state index contributed by atoms with van der Waals surface area (Å²) in [4.78, 5) is 10.3. The summed E-state index contributed by atoms with van der Waals surface area (Å²) in [6, 6.07) is 0.104. The molecule has 0 aromatic carbocycles. The highest BCUT2D eigenvalue weighted by Gasteiger charge is 2.65. The molecule has 1 fully saturated rings. The Kier molecular flexibility index (Phi) is 1.44. The van der Waals surface area contributed by atoms with Crippen molar-refractivity contribution < 1.29 is 9.90 Å². The average Bonchev–Trinajstić information content (AvgIpc) is 2.11. The molecule has 0 atom stereocenters. The van der Waals surface area contributed by atoms with Crippen molar-refractivity contribution in [1.29, 1.82) is 0 Å². The standard InChI is InChI=1S/C8H15NO2/c1-7(2)5(8(7,3)4)9-6(10)11/h5,9H,1-4H3,(H,10,11). The van der Waals surface area contributed by atoms with Gasteiger partial charge in [0, 0.05) is 6.04 Å². The van der Waals surface area contributed by atoms with Gasteiger partial charge in [0.15, 0.2) is 0 Å². The number of hydrogen-bond donors (Lipinski definition) is 2. The molecule has 64 valence electrons. The summed E-state index contributed by atoms with van der Waals surface area (Å²) >= 11 is 0. The number of amides is 1. The molecule has 1 rings (SSSR count). The van der Waals surface area contributed by atoms with E-state index in [0.717, 1.165) is 0 Å². The third-order valence-corrected chi connectivity index (χ3v) is 3.29. The van der Waals surface area contributed by atoms with Crippen LogP contribution >= 0.6 is 0 Å². The van der Waals surface area contributed by atoms with Crippen LogP contribution in [-0.4, -0.2) is 17.2 Å². The van der Waals surface area contributed by atoms with Gasteiger partial charge >= 0.3 is 6.09 Å². The molecule has 11 heavy (non-hydrogen) atoms. The molecule has 1 aliphatic carbocycles. The molecule has 1 amide bonds. The molecule has 2 N–H and O–H groups in total. The van der Waals surface area contributed by atoms with Gasteiger partial charge < -0.3 is 10.4 Å². The van der Waals surface area contributed by atoms with Crippen LogP contribution in [-0.2, 0) is 0 Å². The van der Waals surface area contributed by atoms with Crippen LogP contribution in [0.3, 0.4) is 0 Å². The molecule has 0 bridgehead atoms. The molecule has 0 aromatic heterocycles. The van der Waals surface area contributed by atoms with Crippen molar-refractivity contribution in [3.8, 4) is 0 Å². The number of hydrogen-bond acceptors (Lipinski definition) is 1. The molecule has 0 aromatic rings. The molecule has 0 aliphatic heterocycles. The molecular formula is C8H15NO2. The Morgan fingerprint density at radius 1 is 1.27 bits per heavy atom. The van der Waals surface area contributed by atoms with E-state index in [1.54, 1.807) is 0 Å². The minimum atomic E-state index is -0.923. The quantitative estimate of drug-likeness (QED) is 0.608. The maximum absolute atomic E-state index is 10.3. The lowest BCUT2D eigenvalue weighted by Crippen LogP contribution is -2.27. The van der Waals surface area contributed by atoms with Crippen LogP contribution in [0.1, 0.15) is 27.7 Å². The molecule has 0 radical (unpaired) electrons. The lowest BCUT2D eigenvalue weighted by atomic mass is 10.0. The summed E-state index contributed by atoms with van der Waals surface area (Å²) in [6.45, 7) is 8.31. The third-order valence-electron chi connectivity index (χ3n) is 3.29. The molecule has 1 aliphatic rings. The van der Waals surface area contributed by atoms with Gasteiger partial charge in [0.2, 0.25) is 0 Å². The molecule has 0 unspecified atom stereocenters. The van der Waals surface area contributed by atoms with Gasteiger partial charge in [0.25, 0.3) is 0 Å². The van der Waals surface area contributed by atoms with Crippen LogP contribution in [0.5, 0.6) is 0 Å². The molecule has 0 saturated heterocycles. The molecular weight excluding hydrogens is 142 g/mol. The number of nitrogens with one attached hydrogen (secondary N) is 1. The van der Waals surface area contributed by atoms with E-state index in [1.807, 2.05) is 0 Å². The van der Waals surface area contributed by atoms with Gasteiger partial charge in [-0.15, -0.1) is 0 Å². The summed E-state index contributed by atoms with van der Waals surface area (Å²) in [5.74, 6) is 0. The van der Waals surface area contributed by atoms with Crippen LogP contribution in [0.2, 0.25) is 0 Å². The van der Waals surface area contributed by atoms with Crippen LogP contribution in [0.25, 0.3) is 0 Å². The Morgan fingerprint density at radius 3 is 1.73 bits per heavy atom. The SMILES string of the molecule is CC1(C)C(NC(=O)O)C1(C)C. The smallest absolute Gasteiger partial charge is 0.404 e. The summed E-state index contributed by atoms with van der Waals surface area (Å²) in [7, 11) is 0. The van der Waals surface area contributed by atoms with Crippen molar-refractivity contribution in [1.82, 2.24) is 5.32 Å². The van der Waals surface area contributed by atoms with E-state index < -0.39 is 6.09 Å². The van der Waals surface area contributed by atoms with Crippen LogP contribution in [0.4, 0.5) is 4.79 Å². The van der Waals surface area contributed by atoms with Crippen molar-refractivity contribution in [2.24, 2.45) is 10.8 Å². The van der Waals surface area contributed by atoms with E-state index >= 15 is 0 Å². The predicted molar refractivity (Wildman–Crippen MR) is 42.5 cm³/mol. The first-order chi connectivity index (χ1) is 4.80. The fraction of sp³-hybridized carbons (Fsp3) is 0.875. The topological polar surface area (TPSA) is 49.3 Å². The predicted octanol–water partition coefficient (Wildman–Crippen LogP) is 1.69. The van der Waals surface area contributed by atoms with E-state index in [0.29, 0.717) is 0 Å². The second kappa shape index (κ2) is 1.90. The monoisotopic (exact) mass is 157 g/mol. The summed E-state index contributed by atoms with van der Waals surface area (Å²) in [5, 5.41) is 11.0. The van der Waals surface area contributed by atoms with Crippen LogP contribution < -0.4 is 5.32 Å². The number of carboxylic acid groups (broad SMARTS) is 1. The lowest BCUT2D eigenvalue weighted by molar-refractivity contribution is 0.192. The number of carbonyl (C=O) groups is 1. The van der Waals surface area contributed by atoms with E-state index in [1.165, 1.54) is 0 Å². The van der Waals surface area contributed by atoms with Gasteiger partial charge in [-0.1, -0.05) is 27.7 Å². The van der Waals surface area contributed by atoms with E-state index in [9.17, 15) is 4.79 Å². The van der Waals surface area contributed by atoms with Crippen molar-refractivity contribution in [2.75, 3.05) is 0 Å². The molecule has 0 heterocycles. The second-order valence-corrected chi connectivity index (χ2v) is 4.33. The Morgan fingerprint density at radius 2 is 1.64 bits per heavy atom. The summed E-state index contributed by atoms with van der Waals surface area (Å²) in [6.07, 6.45) is -0.923. The van der Waals surface area contributed by atoms with Gasteiger partial charge in [-0.2, -0.15) is 0 Å². The van der Waals surface area contributed by atoms with Gasteiger partial charge in [-0.25, -0.2) is 4.79 Å². The first-order valence-corrected chi connectivity index (χ1v) is 3.79. The highest BCUT2D eigenvalue weighted by molar-refractivity contribution is 5.66. The van der Waals surface area contributed by atoms with E-state index in [2.05, 4.69) is 33.0 Å². The third kappa shape index (κ3) is 0.988. The zero-order valence-electron chi connectivity index (χ0n) is 7.43. The summed E-state index contributed by atoms with van der Waals surface area (Å²) < 4.78 is 0. The Bertz CT molecular complexity index is 182. The van der Waals surface area contributed by atoms with Crippen molar-refractivity contribution in [3.05, 3.63) is 0 Å². The average molecular weight is 157 g/mol. The zero-order chi connectivity index (χ0) is 8.86. The van der Waals surface area contributed by atoms with Gasteiger partial charge in [0.1, 0.15) is 0 Å². The molecule has 0 spiro atoms. The fourth-order valence-corrected chi connectivity index (χ4v) is 1.68. The van der Waals surface area contributed by atoms with Crippen LogP contribution in [0.15, 0.2) is 0 Å². The van der Waals surface area contributed by atoms with Gasteiger partial charge in [0.05, 0.1) is 0 Å². The normalized spacial score (nSPS) is 26.2. The second-order valence-electron chi connectivity index (χ2n) is 4.33. The van der Waals surface area contributed by atoms with E-state index in [4.69, 9.17) is 5.11 Å². The largest absolute Gasteiger partial charge is 0.465 e. The Hall–Kier alpha value is -0.730. The number of rotatable bonds is 1. The highest BCUT2D eigenvalue weighted by Crippen LogP contribution is 2.62. The first-order valence-electron chi connectivity index (χ1n) is 3.79. The van der Waals surface area contributed by atoms with Crippen molar-refractivity contribution in [3.63, 3.8) is 0 Å². The first kappa shape index (κ1) is 8.37. The molecule has 3 nitrogen and oxygen atoms in total. The Balaban J connectivity index is 2.61. The van der Waals surface area contributed by atoms with Gasteiger partial charge in [-0.3, -0.25) is 0 Å². The van der Waals surface area contributed by atoms with Crippen molar-refractivity contribution >= 4 is 6.09 Å². The fourth-order valence-electron chi connectivity index (χ4n) is 1.68. The minimum Gasteiger partial charge on any atom is -0.465 e. The maximum Gasteiger partial charge on any atom is 0.404 e. The lowest BCUT2D eigenvalue weighted by Gasteiger charge is -2.02. The Labute approximate surface area is 66.8 Å². The van der Waals surface area contributed by atoms with E-state index in [-0.39, 0.29) is 16.9 Å².